The van der Waals surface area contributed by atoms with Crippen molar-refractivity contribution in [3.63, 3.8) is 0 Å². The van der Waals surface area contributed by atoms with E-state index in [1.165, 1.54) is 50.5 Å². The Labute approximate surface area is 200 Å². The van der Waals surface area contributed by atoms with Crippen molar-refractivity contribution in [1.82, 2.24) is 0 Å². The molecule has 4 aliphatic carbocycles. The standard InChI is InChI=1S/C30H44O3/c1-28(31)14-12-23-22(16-28)8-9-25-24(23)13-15-29(2)26(25)10-11-27(29)30(19-33-20-30)18-32-17-21-6-4-3-5-7-21/h3-7,22-27,31H,8-20H2,1-2H3/t22-,23+,24-,25-,26+,27+,28-,29+/m1/s1. The van der Waals surface area contributed by atoms with Crippen LogP contribution in [0.25, 0.3) is 0 Å². The fraction of sp³-hybridized carbons (Fsp3) is 0.800. The summed E-state index contributed by atoms with van der Waals surface area (Å²) in [5.41, 5.74) is 1.54. The van der Waals surface area contributed by atoms with Crippen molar-refractivity contribution < 1.29 is 14.6 Å². The molecule has 4 saturated carbocycles. The van der Waals surface area contributed by atoms with Crippen LogP contribution < -0.4 is 0 Å². The highest BCUT2D eigenvalue weighted by Crippen LogP contribution is 2.68. The minimum absolute atomic E-state index is 0.228. The Morgan fingerprint density at radius 3 is 2.45 bits per heavy atom. The number of rotatable bonds is 5. The van der Waals surface area contributed by atoms with Gasteiger partial charge in [-0.3, -0.25) is 0 Å². The van der Waals surface area contributed by atoms with Crippen LogP contribution in [0.1, 0.15) is 77.2 Å². The van der Waals surface area contributed by atoms with Gasteiger partial charge in [-0.25, -0.2) is 0 Å². The number of fused-ring (bicyclic) bond motifs is 5. The molecule has 3 heteroatoms. The summed E-state index contributed by atoms with van der Waals surface area (Å²) in [5, 5.41) is 10.7. The molecule has 1 saturated heterocycles. The molecule has 6 rings (SSSR count). The molecule has 5 aliphatic rings. The van der Waals surface area contributed by atoms with Crippen LogP contribution >= 0.6 is 0 Å². The Morgan fingerprint density at radius 2 is 1.70 bits per heavy atom. The summed E-state index contributed by atoms with van der Waals surface area (Å²) < 4.78 is 12.2. The van der Waals surface area contributed by atoms with E-state index in [4.69, 9.17) is 9.47 Å². The van der Waals surface area contributed by atoms with E-state index in [1.54, 1.807) is 0 Å². The zero-order valence-electron chi connectivity index (χ0n) is 20.8. The zero-order valence-corrected chi connectivity index (χ0v) is 20.8. The van der Waals surface area contributed by atoms with Crippen molar-refractivity contribution >= 4 is 0 Å². The van der Waals surface area contributed by atoms with Crippen LogP contribution in [0, 0.1) is 46.3 Å². The Kier molecular flexibility index (Phi) is 5.71. The second-order valence-electron chi connectivity index (χ2n) is 13.2. The van der Waals surface area contributed by atoms with Gasteiger partial charge in [-0.2, -0.15) is 0 Å². The SMILES string of the molecule is C[C@@]1(O)CC[C@H]2[C@H](CC[C@@H]3[C@@H]2CC[C@]2(C)[C@@H](C4(COCc5ccccc5)COC4)CC[C@@H]32)C1. The van der Waals surface area contributed by atoms with Crippen molar-refractivity contribution in [3.05, 3.63) is 35.9 Å². The lowest BCUT2D eigenvalue weighted by molar-refractivity contribution is -0.209. The van der Waals surface area contributed by atoms with Gasteiger partial charge >= 0.3 is 0 Å². The molecule has 0 spiro atoms. The maximum Gasteiger partial charge on any atom is 0.0717 e. The van der Waals surface area contributed by atoms with E-state index >= 15 is 0 Å². The molecule has 0 bridgehead atoms. The van der Waals surface area contributed by atoms with Crippen molar-refractivity contribution in [2.24, 2.45) is 46.3 Å². The molecule has 1 aliphatic heterocycles. The molecular formula is C30H44O3. The summed E-state index contributed by atoms with van der Waals surface area (Å²) in [7, 11) is 0. The van der Waals surface area contributed by atoms with E-state index in [1.807, 2.05) is 0 Å². The Morgan fingerprint density at radius 1 is 0.909 bits per heavy atom. The van der Waals surface area contributed by atoms with E-state index in [-0.39, 0.29) is 5.41 Å². The summed E-state index contributed by atoms with van der Waals surface area (Å²) in [6.07, 6.45) is 11.7. The van der Waals surface area contributed by atoms with Crippen molar-refractivity contribution in [2.75, 3.05) is 19.8 Å². The van der Waals surface area contributed by atoms with Gasteiger partial charge in [0.15, 0.2) is 0 Å². The Bertz CT molecular complexity index is 830. The van der Waals surface area contributed by atoms with E-state index < -0.39 is 5.60 Å². The van der Waals surface area contributed by atoms with Gasteiger partial charge in [0.25, 0.3) is 0 Å². The van der Waals surface area contributed by atoms with E-state index in [2.05, 4.69) is 44.2 Å². The third-order valence-corrected chi connectivity index (χ3v) is 11.3. The van der Waals surface area contributed by atoms with Crippen LogP contribution in [-0.4, -0.2) is 30.5 Å². The van der Waals surface area contributed by atoms with Gasteiger partial charge in [0.2, 0.25) is 0 Å². The first-order valence-corrected chi connectivity index (χ1v) is 13.8. The summed E-state index contributed by atoms with van der Waals surface area (Å²) >= 11 is 0. The number of aliphatic hydroxyl groups is 1. The maximum absolute atomic E-state index is 10.7. The average Bonchev–Trinajstić information content (AvgIpc) is 3.13. The molecule has 1 heterocycles. The lowest BCUT2D eigenvalue weighted by Crippen LogP contribution is -2.58. The molecule has 5 fully saturated rings. The molecule has 1 N–H and O–H groups in total. The topological polar surface area (TPSA) is 38.7 Å². The van der Waals surface area contributed by atoms with Gasteiger partial charge in [-0.1, -0.05) is 37.3 Å². The summed E-state index contributed by atoms with van der Waals surface area (Å²) in [4.78, 5) is 0. The second kappa shape index (κ2) is 8.35. The fourth-order valence-electron chi connectivity index (χ4n) is 9.78. The lowest BCUT2D eigenvalue weighted by Gasteiger charge is -2.59. The third-order valence-electron chi connectivity index (χ3n) is 11.3. The predicted octanol–water partition coefficient (Wildman–Crippen LogP) is 6.24. The molecule has 8 atom stereocenters. The van der Waals surface area contributed by atoms with E-state index in [9.17, 15) is 5.11 Å². The number of ether oxygens (including phenoxy) is 2. The van der Waals surface area contributed by atoms with Crippen LogP contribution in [0.15, 0.2) is 30.3 Å². The highest BCUT2D eigenvalue weighted by molar-refractivity contribution is 5.14. The first-order valence-electron chi connectivity index (χ1n) is 13.8. The molecule has 0 unspecified atom stereocenters. The molecule has 0 aromatic heterocycles. The molecule has 1 aromatic rings. The molecule has 1 aromatic carbocycles. The van der Waals surface area contributed by atoms with Gasteiger partial charge in [0.1, 0.15) is 0 Å². The van der Waals surface area contributed by atoms with Crippen molar-refractivity contribution in [2.45, 2.75) is 83.8 Å². The Balaban J connectivity index is 1.15. The van der Waals surface area contributed by atoms with E-state index in [0.717, 1.165) is 68.2 Å². The van der Waals surface area contributed by atoms with Gasteiger partial charge < -0.3 is 14.6 Å². The number of hydrogen-bond donors (Lipinski definition) is 1. The smallest absolute Gasteiger partial charge is 0.0717 e. The minimum Gasteiger partial charge on any atom is -0.390 e. The van der Waals surface area contributed by atoms with Gasteiger partial charge in [0.05, 0.1) is 32.0 Å². The molecule has 33 heavy (non-hydrogen) atoms. The average molecular weight is 453 g/mol. The van der Waals surface area contributed by atoms with Crippen LogP contribution in [0.4, 0.5) is 0 Å². The second-order valence-corrected chi connectivity index (χ2v) is 13.2. The molecule has 182 valence electrons. The Hall–Kier alpha value is -0.900. The molecule has 0 amide bonds. The van der Waals surface area contributed by atoms with Crippen molar-refractivity contribution in [1.29, 1.82) is 0 Å². The zero-order chi connectivity index (χ0) is 22.7. The maximum atomic E-state index is 10.7. The summed E-state index contributed by atoms with van der Waals surface area (Å²) in [6.45, 7) is 8.08. The minimum atomic E-state index is -0.411. The largest absolute Gasteiger partial charge is 0.390 e. The number of benzene rings is 1. The highest BCUT2D eigenvalue weighted by Gasteiger charge is 2.63. The predicted molar refractivity (Wildman–Crippen MR) is 131 cm³/mol. The van der Waals surface area contributed by atoms with Crippen LogP contribution in [0.3, 0.4) is 0 Å². The highest BCUT2D eigenvalue weighted by atomic mass is 16.5. The normalized spacial score (nSPS) is 46.0. The molecule has 0 radical (unpaired) electrons. The lowest BCUT2D eigenvalue weighted by atomic mass is 9.47. The fourth-order valence-corrected chi connectivity index (χ4v) is 9.78. The first-order chi connectivity index (χ1) is 15.9. The summed E-state index contributed by atoms with van der Waals surface area (Å²) in [6, 6.07) is 10.6. The first kappa shape index (κ1) is 22.6. The number of hydrogen-bond acceptors (Lipinski definition) is 3. The summed E-state index contributed by atoms with van der Waals surface area (Å²) in [5.74, 6) is 5.11. The van der Waals surface area contributed by atoms with Crippen LogP contribution in [0.2, 0.25) is 0 Å². The third kappa shape index (κ3) is 3.81. The quantitative estimate of drug-likeness (QED) is 0.575. The van der Waals surface area contributed by atoms with Gasteiger partial charge in [-0.15, -0.1) is 0 Å². The van der Waals surface area contributed by atoms with Crippen molar-refractivity contribution in [3.8, 4) is 0 Å². The molecule has 3 nitrogen and oxygen atoms in total. The monoisotopic (exact) mass is 452 g/mol. The van der Waals surface area contributed by atoms with Crippen LogP contribution in [-0.2, 0) is 16.1 Å². The van der Waals surface area contributed by atoms with Gasteiger partial charge in [-0.05, 0) is 111 Å². The molecular weight excluding hydrogens is 408 g/mol. The van der Waals surface area contributed by atoms with Crippen LogP contribution in [0.5, 0.6) is 0 Å². The van der Waals surface area contributed by atoms with E-state index in [0.29, 0.717) is 12.0 Å². The van der Waals surface area contributed by atoms with Gasteiger partial charge in [0, 0.05) is 5.41 Å².